The number of benzene rings is 1. The van der Waals surface area contributed by atoms with Gasteiger partial charge in [0.1, 0.15) is 5.69 Å². The number of amides is 1. The maximum Gasteiger partial charge on any atom is 0.235 e. The summed E-state index contributed by atoms with van der Waals surface area (Å²) in [6.45, 7) is 0. The van der Waals surface area contributed by atoms with Crippen molar-refractivity contribution < 1.29 is 9.53 Å². The van der Waals surface area contributed by atoms with E-state index < -0.39 is 0 Å². The number of hydrogen-bond donors (Lipinski definition) is 1. The molecule has 0 radical (unpaired) electrons. The second kappa shape index (κ2) is 4.78. The molecule has 5 heteroatoms. The highest BCUT2D eigenvalue weighted by Gasteiger charge is 2.09. The molecular weight excluding hydrogens is 218 g/mol. The zero-order valence-corrected chi connectivity index (χ0v) is 9.51. The van der Waals surface area contributed by atoms with Gasteiger partial charge in [0.15, 0.2) is 0 Å². The fourth-order valence-electron chi connectivity index (χ4n) is 1.59. The molecule has 2 aromatic rings. The van der Waals surface area contributed by atoms with Gasteiger partial charge in [-0.05, 0) is 12.1 Å². The lowest BCUT2D eigenvalue weighted by molar-refractivity contribution is -0.118. The molecule has 1 heterocycles. The average molecular weight is 231 g/mol. The van der Waals surface area contributed by atoms with Crippen LogP contribution in [0.3, 0.4) is 0 Å². The van der Waals surface area contributed by atoms with Gasteiger partial charge in [-0.2, -0.15) is 0 Å². The highest BCUT2D eigenvalue weighted by molar-refractivity contribution is 5.76. The van der Waals surface area contributed by atoms with Crippen LogP contribution >= 0.6 is 0 Å². The third-order valence-corrected chi connectivity index (χ3v) is 2.41. The van der Waals surface area contributed by atoms with Crippen LogP contribution in [-0.4, -0.2) is 23.0 Å². The highest BCUT2D eigenvalue weighted by Crippen LogP contribution is 2.19. The van der Waals surface area contributed by atoms with Gasteiger partial charge in [0, 0.05) is 12.8 Å². The number of rotatable bonds is 4. The molecule has 17 heavy (non-hydrogen) atoms. The molecule has 0 fully saturated rings. The van der Waals surface area contributed by atoms with Gasteiger partial charge in [0.25, 0.3) is 0 Å². The summed E-state index contributed by atoms with van der Waals surface area (Å²) in [5, 5.41) is 0. The summed E-state index contributed by atoms with van der Waals surface area (Å²) in [6, 6.07) is 7.51. The monoisotopic (exact) mass is 231 g/mol. The van der Waals surface area contributed by atoms with E-state index in [1.807, 2.05) is 24.3 Å². The Morgan fingerprint density at radius 2 is 1.94 bits per heavy atom. The third-order valence-electron chi connectivity index (χ3n) is 2.41. The van der Waals surface area contributed by atoms with Crippen molar-refractivity contribution in [2.24, 2.45) is 5.73 Å². The van der Waals surface area contributed by atoms with Crippen LogP contribution < -0.4 is 10.5 Å². The summed E-state index contributed by atoms with van der Waals surface area (Å²) in [4.78, 5) is 19.5. The normalized spacial score (nSPS) is 10.4. The van der Waals surface area contributed by atoms with Gasteiger partial charge >= 0.3 is 0 Å². The van der Waals surface area contributed by atoms with E-state index in [0.717, 1.165) is 11.0 Å². The Morgan fingerprint density at radius 3 is 2.53 bits per heavy atom. The number of hydrogen-bond acceptors (Lipinski definition) is 4. The first-order valence-electron chi connectivity index (χ1n) is 5.28. The van der Waals surface area contributed by atoms with E-state index in [2.05, 4.69) is 9.97 Å². The van der Waals surface area contributed by atoms with Gasteiger partial charge in [0.05, 0.1) is 18.1 Å². The predicted molar refractivity (Wildman–Crippen MR) is 63.6 cm³/mol. The standard InChI is InChI=1S/C12H13N3O2/c1-17-12-10(6-7-11(13)16)14-8-4-2-3-5-9(8)15-12/h2-5H,6-7H2,1H3,(H2,13,16). The molecule has 0 unspecified atom stereocenters. The number of ether oxygens (including phenoxy) is 1. The molecular formula is C12H13N3O2. The number of fused-ring (bicyclic) bond motifs is 1. The van der Waals surface area contributed by atoms with Crippen LogP contribution in [0, 0.1) is 0 Å². The van der Waals surface area contributed by atoms with E-state index in [4.69, 9.17) is 10.5 Å². The van der Waals surface area contributed by atoms with Crippen molar-refractivity contribution in [2.75, 3.05) is 7.11 Å². The van der Waals surface area contributed by atoms with Crippen molar-refractivity contribution >= 4 is 16.9 Å². The number of para-hydroxylation sites is 2. The largest absolute Gasteiger partial charge is 0.480 e. The predicted octanol–water partition coefficient (Wildman–Crippen LogP) is 1.06. The van der Waals surface area contributed by atoms with E-state index in [-0.39, 0.29) is 12.3 Å². The topological polar surface area (TPSA) is 78.1 Å². The molecule has 88 valence electrons. The SMILES string of the molecule is COc1nc2ccccc2nc1CCC(N)=O. The molecule has 0 aliphatic heterocycles. The second-order valence-electron chi connectivity index (χ2n) is 3.63. The van der Waals surface area contributed by atoms with E-state index in [0.29, 0.717) is 18.0 Å². The zero-order valence-electron chi connectivity index (χ0n) is 9.51. The molecule has 2 rings (SSSR count). The molecule has 1 aromatic heterocycles. The molecule has 1 amide bonds. The molecule has 0 aliphatic carbocycles. The lowest BCUT2D eigenvalue weighted by Crippen LogP contribution is -2.12. The first-order chi connectivity index (χ1) is 8.20. The molecule has 0 bridgehead atoms. The van der Waals surface area contributed by atoms with Crippen molar-refractivity contribution in [3.63, 3.8) is 0 Å². The van der Waals surface area contributed by atoms with Gasteiger partial charge in [-0.25, -0.2) is 9.97 Å². The van der Waals surface area contributed by atoms with Crippen molar-refractivity contribution in [1.82, 2.24) is 9.97 Å². The van der Waals surface area contributed by atoms with E-state index in [1.165, 1.54) is 7.11 Å². The number of nitrogens with zero attached hydrogens (tertiary/aromatic N) is 2. The van der Waals surface area contributed by atoms with Crippen LogP contribution in [0.1, 0.15) is 12.1 Å². The fraction of sp³-hybridized carbons (Fsp3) is 0.250. The minimum Gasteiger partial charge on any atom is -0.480 e. The maximum atomic E-state index is 10.8. The number of carbonyl (C=O) groups is 1. The summed E-state index contributed by atoms with van der Waals surface area (Å²) in [7, 11) is 1.53. The van der Waals surface area contributed by atoms with Crippen LogP contribution in [-0.2, 0) is 11.2 Å². The molecule has 0 saturated carbocycles. The summed E-state index contributed by atoms with van der Waals surface area (Å²) in [5.74, 6) is 0.0898. The Balaban J connectivity index is 2.41. The molecule has 0 atom stereocenters. The van der Waals surface area contributed by atoms with E-state index in [9.17, 15) is 4.79 Å². The number of nitrogens with two attached hydrogens (primary N) is 1. The Morgan fingerprint density at radius 1 is 1.29 bits per heavy atom. The molecule has 0 saturated heterocycles. The summed E-state index contributed by atoms with van der Waals surface area (Å²) in [5.41, 5.74) is 7.33. The number of methoxy groups -OCH3 is 1. The van der Waals surface area contributed by atoms with Gasteiger partial charge in [-0.15, -0.1) is 0 Å². The van der Waals surface area contributed by atoms with Crippen molar-refractivity contribution in [2.45, 2.75) is 12.8 Å². The lowest BCUT2D eigenvalue weighted by Gasteiger charge is -2.07. The molecule has 0 spiro atoms. The first-order valence-corrected chi connectivity index (χ1v) is 5.28. The van der Waals surface area contributed by atoms with Crippen LogP contribution in [0.4, 0.5) is 0 Å². The van der Waals surface area contributed by atoms with Crippen LogP contribution in [0.25, 0.3) is 11.0 Å². The summed E-state index contributed by atoms with van der Waals surface area (Å²) < 4.78 is 5.16. The Bertz CT molecular complexity index is 554. The van der Waals surface area contributed by atoms with Crippen LogP contribution in [0.5, 0.6) is 5.88 Å². The highest BCUT2D eigenvalue weighted by atomic mass is 16.5. The zero-order chi connectivity index (χ0) is 12.3. The van der Waals surface area contributed by atoms with Crippen molar-refractivity contribution in [3.8, 4) is 5.88 Å². The van der Waals surface area contributed by atoms with Crippen LogP contribution in [0.15, 0.2) is 24.3 Å². The van der Waals surface area contributed by atoms with E-state index in [1.54, 1.807) is 0 Å². The molecule has 2 N–H and O–H groups in total. The smallest absolute Gasteiger partial charge is 0.235 e. The third kappa shape index (κ3) is 2.50. The van der Waals surface area contributed by atoms with Gasteiger partial charge in [0.2, 0.25) is 11.8 Å². The minimum atomic E-state index is -0.359. The van der Waals surface area contributed by atoms with Gasteiger partial charge < -0.3 is 10.5 Å². The lowest BCUT2D eigenvalue weighted by atomic mass is 10.2. The summed E-state index contributed by atoms with van der Waals surface area (Å²) >= 11 is 0. The maximum absolute atomic E-state index is 10.8. The summed E-state index contributed by atoms with van der Waals surface area (Å²) in [6.07, 6.45) is 0.680. The van der Waals surface area contributed by atoms with E-state index >= 15 is 0 Å². The quantitative estimate of drug-likeness (QED) is 0.853. The molecule has 1 aromatic carbocycles. The second-order valence-corrected chi connectivity index (χ2v) is 3.63. The van der Waals surface area contributed by atoms with Gasteiger partial charge in [-0.3, -0.25) is 4.79 Å². The number of aromatic nitrogens is 2. The Hall–Kier alpha value is -2.17. The van der Waals surface area contributed by atoms with Crippen LogP contribution in [0.2, 0.25) is 0 Å². The van der Waals surface area contributed by atoms with Crippen molar-refractivity contribution in [3.05, 3.63) is 30.0 Å². The Labute approximate surface area is 98.6 Å². The molecule has 5 nitrogen and oxygen atoms in total. The average Bonchev–Trinajstić information content (AvgIpc) is 2.35. The van der Waals surface area contributed by atoms with Crippen molar-refractivity contribution in [1.29, 1.82) is 0 Å². The first kappa shape index (κ1) is 11.3. The fourth-order valence-corrected chi connectivity index (χ4v) is 1.59. The number of carbonyl (C=O) groups excluding carboxylic acids is 1. The number of aryl methyl sites for hydroxylation is 1. The number of primary amides is 1. The molecule has 0 aliphatic rings. The Kier molecular flexibility index (Phi) is 3.18. The van der Waals surface area contributed by atoms with Gasteiger partial charge in [-0.1, -0.05) is 12.1 Å². The minimum absolute atomic E-state index is 0.239.